The molecule has 6 nitrogen and oxygen atoms in total. The molecule has 136 valence electrons. The van der Waals surface area contributed by atoms with E-state index in [4.69, 9.17) is 10.5 Å². The third kappa shape index (κ3) is 7.40. The fourth-order valence-electron chi connectivity index (χ4n) is 1.72. The minimum atomic E-state index is -4.90. The summed E-state index contributed by atoms with van der Waals surface area (Å²) in [4.78, 5) is 12.0. The van der Waals surface area contributed by atoms with Gasteiger partial charge in [-0.05, 0) is 45.9 Å². The number of alkyl halides is 3. The molecule has 0 unspecified atom stereocenters. The Morgan fingerprint density at radius 1 is 1.21 bits per heavy atom. The van der Waals surface area contributed by atoms with E-state index in [9.17, 15) is 18.0 Å². The number of halogens is 3. The summed E-state index contributed by atoms with van der Waals surface area (Å²) >= 11 is 0. The van der Waals surface area contributed by atoms with Gasteiger partial charge in [-0.25, -0.2) is 4.79 Å². The first-order chi connectivity index (χ1) is 11.0. The molecule has 1 aromatic rings. The van der Waals surface area contributed by atoms with E-state index in [0.717, 1.165) is 6.07 Å². The van der Waals surface area contributed by atoms with Crippen LogP contribution in [0.25, 0.3) is 0 Å². The maximum Gasteiger partial charge on any atom is 0.573 e. The predicted octanol–water partition coefficient (Wildman–Crippen LogP) is 3.23. The molecule has 1 rings (SSSR count). The van der Waals surface area contributed by atoms with Crippen LogP contribution in [0.2, 0.25) is 0 Å². The van der Waals surface area contributed by atoms with Gasteiger partial charge in [-0.1, -0.05) is 6.07 Å². The fraction of sp³-hybridized carbons (Fsp3) is 0.533. The van der Waals surface area contributed by atoms with Gasteiger partial charge in [-0.2, -0.15) is 0 Å². The lowest BCUT2D eigenvalue weighted by molar-refractivity contribution is -0.274. The van der Waals surface area contributed by atoms with Crippen LogP contribution < -0.4 is 25.8 Å². The second-order valence-electron chi connectivity index (χ2n) is 6.00. The molecule has 0 aromatic heterocycles. The molecule has 24 heavy (non-hydrogen) atoms. The number of anilines is 1. The number of urea groups is 1. The highest BCUT2D eigenvalue weighted by Gasteiger charge is 2.33. The summed E-state index contributed by atoms with van der Waals surface area (Å²) in [5.74, 6) is -0.494. The van der Waals surface area contributed by atoms with Gasteiger partial charge in [-0.15, -0.1) is 13.2 Å². The van der Waals surface area contributed by atoms with Crippen molar-refractivity contribution < 1.29 is 27.4 Å². The topological polar surface area (TPSA) is 85.6 Å². The van der Waals surface area contributed by atoms with E-state index in [1.807, 2.05) is 0 Å². The van der Waals surface area contributed by atoms with Crippen molar-refractivity contribution in [3.63, 3.8) is 0 Å². The summed E-state index contributed by atoms with van der Waals surface area (Å²) in [7, 11) is 0. The lowest BCUT2D eigenvalue weighted by Gasteiger charge is -2.22. The average molecular weight is 349 g/mol. The molecular formula is C15H22F3N3O3. The summed E-state index contributed by atoms with van der Waals surface area (Å²) in [5.41, 5.74) is 4.60. The third-order valence-corrected chi connectivity index (χ3v) is 2.55. The number of hydrogen-bond donors (Lipinski definition) is 3. The number of benzene rings is 1. The zero-order chi connectivity index (χ0) is 18.4. The molecule has 9 heteroatoms. The maximum atomic E-state index is 12.6. The smallest absolute Gasteiger partial charge is 0.491 e. The molecule has 0 aliphatic rings. The van der Waals surface area contributed by atoms with Crippen LogP contribution in [0.1, 0.15) is 27.2 Å². The highest BCUT2D eigenvalue weighted by Crippen LogP contribution is 2.37. The molecule has 0 radical (unpaired) electrons. The Morgan fingerprint density at radius 2 is 1.83 bits per heavy atom. The largest absolute Gasteiger partial charge is 0.573 e. The van der Waals surface area contributed by atoms with Crippen molar-refractivity contribution in [1.29, 1.82) is 0 Å². The number of carbonyl (C=O) groups excluding carboxylic acids is 1. The van der Waals surface area contributed by atoms with E-state index in [1.165, 1.54) is 12.1 Å². The van der Waals surface area contributed by atoms with E-state index in [1.54, 1.807) is 20.8 Å². The normalized spacial score (nSPS) is 11.8. The van der Waals surface area contributed by atoms with Gasteiger partial charge in [0.1, 0.15) is 11.4 Å². The highest BCUT2D eigenvalue weighted by molar-refractivity contribution is 5.93. The minimum Gasteiger partial charge on any atom is -0.491 e. The Labute approximate surface area is 138 Å². The highest BCUT2D eigenvalue weighted by atomic mass is 19.4. The lowest BCUT2D eigenvalue weighted by atomic mass is 10.1. The third-order valence-electron chi connectivity index (χ3n) is 2.55. The molecule has 0 saturated carbocycles. The standard InChI is InChI=1S/C15H22F3N3O3/c1-14(2,3)21-13(22)20-12-10(23-9-5-8-19)6-4-7-11(12)24-15(16,17)18/h4,6-7H,5,8-9,19H2,1-3H3,(H2,20,21,22). The second kappa shape index (κ2) is 8.09. The first-order valence-corrected chi connectivity index (χ1v) is 7.32. The number of nitrogens with two attached hydrogens (primary N) is 1. The number of nitrogens with one attached hydrogen (secondary N) is 2. The molecule has 0 heterocycles. The van der Waals surface area contributed by atoms with Crippen LogP contribution in [0, 0.1) is 0 Å². The maximum absolute atomic E-state index is 12.6. The molecule has 0 saturated heterocycles. The van der Waals surface area contributed by atoms with E-state index < -0.39 is 23.7 Å². The summed E-state index contributed by atoms with van der Waals surface area (Å²) < 4.78 is 47.0. The number of ether oxygens (including phenoxy) is 2. The van der Waals surface area contributed by atoms with Gasteiger partial charge in [0.15, 0.2) is 5.75 Å². The number of hydrogen-bond acceptors (Lipinski definition) is 4. The molecule has 0 bridgehead atoms. The number of carbonyl (C=O) groups is 1. The van der Waals surface area contributed by atoms with Crippen LogP contribution in [0.3, 0.4) is 0 Å². The summed E-state index contributed by atoms with van der Waals surface area (Å²) in [6, 6.07) is 3.19. The quantitative estimate of drug-likeness (QED) is 0.688. The van der Waals surface area contributed by atoms with Crippen LogP contribution in [0.5, 0.6) is 11.5 Å². The number of rotatable bonds is 6. The zero-order valence-corrected chi connectivity index (χ0v) is 13.8. The van der Waals surface area contributed by atoms with E-state index in [-0.39, 0.29) is 18.0 Å². The fourth-order valence-corrected chi connectivity index (χ4v) is 1.72. The summed E-state index contributed by atoms with van der Waals surface area (Å²) in [6.45, 7) is 5.78. The van der Waals surface area contributed by atoms with E-state index >= 15 is 0 Å². The molecule has 0 fully saturated rings. The molecule has 2 amide bonds. The molecule has 0 atom stereocenters. The van der Waals surface area contributed by atoms with Crippen molar-refractivity contribution in [2.45, 2.75) is 39.1 Å². The molecular weight excluding hydrogens is 327 g/mol. The van der Waals surface area contributed by atoms with Crippen molar-refractivity contribution in [3.05, 3.63) is 18.2 Å². The SMILES string of the molecule is CC(C)(C)NC(=O)Nc1c(OCCCN)cccc1OC(F)(F)F. The van der Waals surface area contributed by atoms with Crippen molar-refractivity contribution in [2.24, 2.45) is 5.73 Å². The summed E-state index contributed by atoms with van der Waals surface area (Å²) in [6.07, 6.45) is -4.38. The Balaban J connectivity index is 3.06. The predicted molar refractivity (Wildman–Crippen MR) is 84.2 cm³/mol. The number of amides is 2. The van der Waals surface area contributed by atoms with E-state index in [0.29, 0.717) is 13.0 Å². The molecule has 4 N–H and O–H groups in total. The van der Waals surface area contributed by atoms with Crippen molar-refractivity contribution in [3.8, 4) is 11.5 Å². The average Bonchev–Trinajstić information content (AvgIpc) is 2.38. The molecule has 1 aromatic carbocycles. The van der Waals surface area contributed by atoms with Gasteiger partial charge < -0.3 is 25.8 Å². The summed E-state index contributed by atoms with van der Waals surface area (Å²) in [5, 5.41) is 4.94. The van der Waals surface area contributed by atoms with Crippen molar-refractivity contribution >= 4 is 11.7 Å². The molecule has 0 aliphatic heterocycles. The molecule has 0 aliphatic carbocycles. The van der Waals surface area contributed by atoms with Gasteiger partial charge in [0, 0.05) is 5.54 Å². The Morgan fingerprint density at radius 3 is 2.38 bits per heavy atom. The van der Waals surface area contributed by atoms with Gasteiger partial charge in [-0.3, -0.25) is 0 Å². The van der Waals surface area contributed by atoms with Gasteiger partial charge in [0.05, 0.1) is 6.61 Å². The Kier molecular flexibility index (Phi) is 6.70. The minimum absolute atomic E-state index is 0.0641. The van der Waals surface area contributed by atoms with Gasteiger partial charge in [0.2, 0.25) is 0 Å². The van der Waals surface area contributed by atoms with Crippen molar-refractivity contribution in [2.75, 3.05) is 18.5 Å². The second-order valence-corrected chi connectivity index (χ2v) is 6.00. The van der Waals surface area contributed by atoms with Gasteiger partial charge >= 0.3 is 12.4 Å². The Bertz CT molecular complexity index is 557. The van der Waals surface area contributed by atoms with Crippen LogP contribution in [-0.4, -0.2) is 31.1 Å². The first kappa shape index (κ1) is 19.9. The lowest BCUT2D eigenvalue weighted by Crippen LogP contribution is -2.43. The zero-order valence-electron chi connectivity index (χ0n) is 13.8. The molecule has 0 spiro atoms. The first-order valence-electron chi connectivity index (χ1n) is 7.32. The van der Waals surface area contributed by atoms with Crippen molar-refractivity contribution in [1.82, 2.24) is 5.32 Å². The van der Waals surface area contributed by atoms with Crippen LogP contribution >= 0.6 is 0 Å². The van der Waals surface area contributed by atoms with Crippen LogP contribution in [0.4, 0.5) is 23.7 Å². The van der Waals surface area contributed by atoms with E-state index in [2.05, 4.69) is 15.4 Å². The van der Waals surface area contributed by atoms with Gasteiger partial charge in [0.25, 0.3) is 0 Å². The number of para-hydroxylation sites is 1. The monoisotopic (exact) mass is 349 g/mol. The Hall–Kier alpha value is -2.16. The van der Waals surface area contributed by atoms with Crippen LogP contribution in [0.15, 0.2) is 18.2 Å². The van der Waals surface area contributed by atoms with Crippen LogP contribution in [-0.2, 0) is 0 Å².